The molecule has 10 nitrogen and oxygen atoms in total. The Balaban J connectivity index is 1.29. The lowest BCUT2D eigenvalue weighted by Gasteiger charge is -2.39. The Morgan fingerprint density at radius 2 is 1.89 bits per heavy atom. The van der Waals surface area contributed by atoms with Gasteiger partial charge in [0, 0.05) is 46.6 Å². The Morgan fingerprint density at radius 3 is 2.54 bits per heavy atom. The molecular formula is C25H27N9O. The number of pyridine rings is 1. The van der Waals surface area contributed by atoms with Crippen LogP contribution in [0, 0.1) is 6.92 Å². The number of hydrogen-bond donors (Lipinski definition) is 2. The average Bonchev–Trinajstić information content (AvgIpc) is 3.25. The van der Waals surface area contributed by atoms with E-state index in [9.17, 15) is 4.79 Å². The van der Waals surface area contributed by atoms with Crippen LogP contribution in [0.2, 0.25) is 0 Å². The van der Waals surface area contributed by atoms with Crippen molar-refractivity contribution in [3.63, 3.8) is 0 Å². The number of fused-ring (bicyclic) bond motifs is 3. The Kier molecular flexibility index (Phi) is 4.46. The number of carbonyl (C=O) groups is 1. The maximum absolute atomic E-state index is 13.1. The fourth-order valence-electron chi connectivity index (χ4n) is 6.14. The predicted molar refractivity (Wildman–Crippen MR) is 129 cm³/mol. The van der Waals surface area contributed by atoms with Crippen LogP contribution >= 0.6 is 0 Å². The first-order valence-corrected chi connectivity index (χ1v) is 12.4. The molecule has 4 aromatic heterocycles. The van der Waals surface area contributed by atoms with E-state index in [1.165, 1.54) is 6.33 Å². The zero-order valence-electron chi connectivity index (χ0n) is 19.6. The van der Waals surface area contributed by atoms with Gasteiger partial charge < -0.3 is 15.6 Å². The van der Waals surface area contributed by atoms with Crippen LogP contribution in [0.15, 0.2) is 30.9 Å². The van der Waals surface area contributed by atoms with Gasteiger partial charge in [-0.05, 0) is 57.4 Å². The number of amides is 1. The molecule has 7 rings (SSSR count). The molecule has 3 fully saturated rings. The molecule has 0 radical (unpaired) electrons. The first kappa shape index (κ1) is 20.5. The van der Waals surface area contributed by atoms with Crippen molar-refractivity contribution in [1.29, 1.82) is 0 Å². The van der Waals surface area contributed by atoms with Gasteiger partial charge in [0.2, 0.25) is 5.82 Å². The molecule has 4 aromatic rings. The zero-order valence-corrected chi connectivity index (χ0v) is 19.6. The Morgan fingerprint density at radius 1 is 1.09 bits per heavy atom. The minimum atomic E-state index is -0.0521. The summed E-state index contributed by atoms with van der Waals surface area (Å²) < 4.78 is 1.80. The van der Waals surface area contributed by atoms with Crippen molar-refractivity contribution in [2.75, 3.05) is 5.73 Å². The van der Waals surface area contributed by atoms with Crippen molar-refractivity contribution in [1.82, 2.24) is 39.7 Å². The third-order valence-electron chi connectivity index (χ3n) is 7.93. The molecule has 1 saturated carbocycles. The monoisotopic (exact) mass is 469 g/mol. The van der Waals surface area contributed by atoms with Gasteiger partial charge in [-0.2, -0.15) is 9.61 Å². The summed E-state index contributed by atoms with van der Waals surface area (Å²) in [6, 6.07) is 4.40. The smallest absolute Gasteiger partial charge is 0.292 e. The molecule has 1 amide bonds. The van der Waals surface area contributed by atoms with Crippen LogP contribution in [0.5, 0.6) is 0 Å². The SMILES string of the molecule is Cc1ccc(-c2cnn3c(N)c(C4CC4)c([C@@H]4C[C@H]5CC[C@@H](C4)N5C(=O)c4nnc[nH]4)nc23)cn1. The van der Waals surface area contributed by atoms with Crippen LogP contribution in [0.25, 0.3) is 16.8 Å². The van der Waals surface area contributed by atoms with Gasteiger partial charge in [0.1, 0.15) is 12.1 Å². The van der Waals surface area contributed by atoms with E-state index in [-0.39, 0.29) is 23.9 Å². The van der Waals surface area contributed by atoms with Gasteiger partial charge in [0.05, 0.1) is 11.9 Å². The summed E-state index contributed by atoms with van der Waals surface area (Å²) in [6.07, 6.45) is 11.2. The number of nitrogen functional groups attached to an aromatic ring is 1. The zero-order chi connectivity index (χ0) is 23.7. The van der Waals surface area contributed by atoms with E-state index in [2.05, 4.69) is 31.3 Å². The molecule has 0 aromatic carbocycles. The summed E-state index contributed by atoms with van der Waals surface area (Å²) in [5.74, 6) is 1.67. The molecule has 3 atom stereocenters. The summed E-state index contributed by atoms with van der Waals surface area (Å²) in [4.78, 5) is 27.7. The van der Waals surface area contributed by atoms with Gasteiger partial charge in [0.15, 0.2) is 5.65 Å². The first-order chi connectivity index (χ1) is 17.1. The summed E-state index contributed by atoms with van der Waals surface area (Å²) in [5, 5.41) is 12.4. The number of carbonyl (C=O) groups excluding carboxylic acids is 1. The fraction of sp³-hybridized carbons (Fsp3) is 0.440. The number of aromatic nitrogens is 7. The number of nitrogens with one attached hydrogen (secondary N) is 1. The first-order valence-electron chi connectivity index (χ1n) is 12.4. The minimum Gasteiger partial charge on any atom is -0.383 e. The van der Waals surface area contributed by atoms with Gasteiger partial charge in [-0.25, -0.2) is 4.98 Å². The number of anilines is 1. The van der Waals surface area contributed by atoms with Gasteiger partial charge in [0.25, 0.3) is 5.91 Å². The number of hydrogen-bond acceptors (Lipinski definition) is 7. The normalized spacial score (nSPS) is 23.8. The van der Waals surface area contributed by atoms with Crippen LogP contribution in [0.1, 0.15) is 77.9 Å². The van der Waals surface area contributed by atoms with Crippen LogP contribution in [0.4, 0.5) is 5.82 Å². The quantitative estimate of drug-likeness (QED) is 0.469. The number of nitrogens with zero attached hydrogens (tertiary/aromatic N) is 7. The molecule has 178 valence electrons. The Bertz CT molecular complexity index is 1410. The lowest BCUT2D eigenvalue weighted by molar-refractivity contribution is 0.0557. The Labute approximate surface area is 202 Å². The van der Waals surface area contributed by atoms with Crippen molar-refractivity contribution in [3.05, 3.63) is 53.6 Å². The highest BCUT2D eigenvalue weighted by Crippen LogP contribution is 2.50. The highest BCUT2D eigenvalue weighted by atomic mass is 16.2. The number of rotatable bonds is 4. The molecule has 0 spiro atoms. The highest BCUT2D eigenvalue weighted by molar-refractivity contribution is 5.91. The number of nitrogens with two attached hydrogens (primary N) is 1. The number of aromatic amines is 1. The van der Waals surface area contributed by atoms with Gasteiger partial charge >= 0.3 is 0 Å². The maximum atomic E-state index is 13.1. The molecule has 2 aliphatic heterocycles. The second-order valence-corrected chi connectivity index (χ2v) is 10.2. The molecule has 2 saturated heterocycles. The van der Waals surface area contributed by atoms with Gasteiger partial charge in [-0.1, -0.05) is 6.07 Å². The number of aryl methyl sites for hydroxylation is 1. The van der Waals surface area contributed by atoms with E-state index < -0.39 is 0 Å². The molecule has 3 aliphatic rings. The molecule has 6 heterocycles. The standard InChI is InChI=1S/C25H27N9O/c1-13-2-3-15(10-27-13)19-11-30-34-22(26)20(14-4-5-14)21(31-24(19)34)16-8-17-6-7-18(9-16)33(17)25(35)23-28-12-29-32-23/h2-3,10-12,14,16-18H,4-9,26H2,1H3,(H,28,29,32)/t16-,17-,18+. The van der Waals surface area contributed by atoms with Crippen LogP contribution in [0.3, 0.4) is 0 Å². The second-order valence-electron chi connectivity index (χ2n) is 10.2. The molecule has 35 heavy (non-hydrogen) atoms. The summed E-state index contributed by atoms with van der Waals surface area (Å²) in [6.45, 7) is 1.98. The van der Waals surface area contributed by atoms with Crippen molar-refractivity contribution in [3.8, 4) is 11.1 Å². The van der Waals surface area contributed by atoms with E-state index >= 15 is 0 Å². The molecule has 0 unspecified atom stereocenters. The van der Waals surface area contributed by atoms with Crippen LogP contribution in [-0.2, 0) is 0 Å². The van der Waals surface area contributed by atoms with E-state index in [0.29, 0.717) is 17.6 Å². The summed E-state index contributed by atoms with van der Waals surface area (Å²) >= 11 is 0. The summed E-state index contributed by atoms with van der Waals surface area (Å²) in [5.41, 5.74) is 12.7. The van der Waals surface area contributed by atoms with E-state index in [1.807, 2.05) is 30.3 Å². The number of piperidine rings is 1. The van der Waals surface area contributed by atoms with Crippen LogP contribution in [-0.4, -0.2) is 57.7 Å². The largest absolute Gasteiger partial charge is 0.383 e. The molecule has 3 N–H and O–H groups in total. The fourth-order valence-corrected chi connectivity index (χ4v) is 6.14. The van der Waals surface area contributed by atoms with Crippen molar-refractivity contribution < 1.29 is 4.79 Å². The van der Waals surface area contributed by atoms with Crippen molar-refractivity contribution >= 4 is 17.4 Å². The van der Waals surface area contributed by atoms with Crippen molar-refractivity contribution in [2.24, 2.45) is 0 Å². The van der Waals surface area contributed by atoms with E-state index in [1.54, 1.807) is 4.52 Å². The molecule has 10 heteroatoms. The summed E-state index contributed by atoms with van der Waals surface area (Å²) in [7, 11) is 0. The maximum Gasteiger partial charge on any atom is 0.292 e. The Hall–Kier alpha value is -3.82. The third kappa shape index (κ3) is 3.23. The lowest BCUT2D eigenvalue weighted by Crippen LogP contribution is -2.46. The molecular weight excluding hydrogens is 442 g/mol. The molecule has 2 bridgehead atoms. The lowest BCUT2D eigenvalue weighted by atomic mass is 9.85. The average molecular weight is 470 g/mol. The number of H-pyrrole nitrogens is 1. The third-order valence-corrected chi connectivity index (χ3v) is 7.93. The second kappa shape index (κ2) is 7.59. The highest BCUT2D eigenvalue weighted by Gasteiger charge is 2.46. The van der Waals surface area contributed by atoms with E-state index in [4.69, 9.17) is 10.7 Å². The molecule has 1 aliphatic carbocycles. The van der Waals surface area contributed by atoms with Crippen molar-refractivity contribution in [2.45, 2.75) is 69.4 Å². The topological polar surface area (TPSA) is 131 Å². The predicted octanol–water partition coefficient (Wildman–Crippen LogP) is 3.23. The minimum absolute atomic E-state index is 0.0521. The van der Waals surface area contributed by atoms with Crippen LogP contribution < -0.4 is 5.73 Å². The van der Waals surface area contributed by atoms with Gasteiger partial charge in [-0.15, -0.1) is 10.2 Å². The van der Waals surface area contributed by atoms with Gasteiger partial charge in [-0.3, -0.25) is 9.78 Å². The van der Waals surface area contributed by atoms with E-state index in [0.717, 1.165) is 72.3 Å².